The Labute approximate surface area is 149 Å². The van der Waals surface area contributed by atoms with Gasteiger partial charge in [-0.1, -0.05) is 18.2 Å². The van der Waals surface area contributed by atoms with Gasteiger partial charge in [0, 0.05) is 30.4 Å². The number of methoxy groups -OCH3 is 1. The number of Topliss-reactive ketones (excluding diaryl/α,β-unsaturated/α-hetero) is 1. The summed E-state index contributed by atoms with van der Waals surface area (Å²) < 4.78 is 5.21. The summed E-state index contributed by atoms with van der Waals surface area (Å²) in [5.74, 6) is 1.00. The number of carbonyl (C=O) groups is 1. The molecule has 1 fully saturated rings. The molecule has 0 saturated carbocycles. The quantitative estimate of drug-likeness (QED) is 0.809. The van der Waals surface area contributed by atoms with Crippen LogP contribution in [0, 0.1) is 0 Å². The number of benzene rings is 2. The highest BCUT2D eigenvalue weighted by molar-refractivity contribution is 5.94. The predicted octanol–water partition coefficient (Wildman–Crippen LogP) is 3.97. The minimum Gasteiger partial charge on any atom is -0.497 e. The summed E-state index contributed by atoms with van der Waals surface area (Å²) in [6.45, 7) is 4.62. The van der Waals surface area contributed by atoms with Gasteiger partial charge in [0.1, 0.15) is 5.75 Å². The van der Waals surface area contributed by atoms with Gasteiger partial charge < -0.3 is 10.1 Å². The van der Waals surface area contributed by atoms with Gasteiger partial charge in [-0.05, 0) is 62.2 Å². The fourth-order valence-electron chi connectivity index (χ4n) is 3.39. The monoisotopic (exact) mass is 338 g/mol. The lowest BCUT2D eigenvalue weighted by Crippen LogP contribution is -2.41. The third-order valence-corrected chi connectivity index (χ3v) is 4.71. The molecule has 2 aromatic carbocycles. The largest absolute Gasteiger partial charge is 0.497 e. The fraction of sp³-hybridized carbons (Fsp3) is 0.381. The van der Waals surface area contributed by atoms with Crippen LogP contribution in [0.2, 0.25) is 0 Å². The minimum atomic E-state index is 0.125. The van der Waals surface area contributed by atoms with E-state index in [4.69, 9.17) is 4.74 Å². The van der Waals surface area contributed by atoms with E-state index in [1.165, 1.54) is 18.4 Å². The second-order valence-corrected chi connectivity index (χ2v) is 6.70. The van der Waals surface area contributed by atoms with E-state index in [9.17, 15) is 4.79 Å². The molecule has 2 aromatic rings. The van der Waals surface area contributed by atoms with E-state index >= 15 is 0 Å². The van der Waals surface area contributed by atoms with E-state index in [-0.39, 0.29) is 5.78 Å². The van der Waals surface area contributed by atoms with Crippen molar-refractivity contribution in [1.29, 1.82) is 0 Å². The third kappa shape index (κ3) is 4.83. The van der Waals surface area contributed by atoms with Gasteiger partial charge >= 0.3 is 0 Å². The number of nitrogens with zero attached hydrogens (tertiary/aromatic N) is 1. The van der Waals surface area contributed by atoms with Crippen LogP contribution >= 0.6 is 0 Å². The van der Waals surface area contributed by atoms with E-state index in [1.54, 1.807) is 14.0 Å². The zero-order valence-corrected chi connectivity index (χ0v) is 15.0. The van der Waals surface area contributed by atoms with Crippen molar-refractivity contribution in [1.82, 2.24) is 4.90 Å². The minimum absolute atomic E-state index is 0.125. The van der Waals surface area contributed by atoms with Crippen molar-refractivity contribution in [3.05, 3.63) is 59.7 Å². The molecule has 0 aliphatic carbocycles. The molecule has 1 atom stereocenters. The summed E-state index contributed by atoms with van der Waals surface area (Å²) >= 11 is 0. The SMILES string of the molecule is COc1ccc(N[C@@H]2CCCN(Cc3cccc(C(C)=O)c3)C2)cc1. The van der Waals surface area contributed by atoms with E-state index < -0.39 is 0 Å². The van der Waals surface area contributed by atoms with Crippen LogP contribution in [0.25, 0.3) is 0 Å². The van der Waals surface area contributed by atoms with Crippen molar-refractivity contribution in [3.63, 3.8) is 0 Å². The van der Waals surface area contributed by atoms with Crippen LogP contribution in [0.3, 0.4) is 0 Å². The maximum Gasteiger partial charge on any atom is 0.159 e. The van der Waals surface area contributed by atoms with Crippen molar-refractivity contribution in [2.24, 2.45) is 0 Å². The predicted molar refractivity (Wildman–Crippen MR) is 101 cm³/mol. The summed E-state index contributed by atoms with van der Waals surface area (Å²) in [6.07, 6.45) is 2.36. The standard InChI is InChI=1S/C21H26N2O2/c1-16(24)18-6-3-5-17(13-18)14-23-12-4-7-20(15-23)22-19-8-10-21(25-2)11-9-19/h3,5-6,8-11,13,20,22H,4,7,12,14-15H2,1-2H3/t20-/m1/s1. The van der Waals surface area contributed by atoms with Crippen molar-refractivity contribution in [2.45, 2.75) is 32.4 Å². The Balaban J connectivity index is 1.59. The number of piperidine rings is 1. The van der Waals surface area contributed by atoms with Crippen molar-refractivity contribution in [2.75, 3.05) is 25.5 Å². The highest BCUT2D eigenvalue weighted by Crippen LogP contribution is 2.20. The number of likely N-dealkylation sites (tertiary alicyclic amines) is 1. The molecule has 0 bridgehead atoms. The molecule has 1 N–H and O–H groups in total. The lowest BCUT2D eigenvalue weighted by atomic mass is 10.0. The average molecular weight is 338 g/mol. The Bertz CT molecular complexity index is 712. The Morgan fingerprint density at radius 2 is 2.04 bits per heavy atom. The normalized spacial score (nSPS) is 17.9. The zero-order valence-electron chi connectivity index (χ0n) is 15.0. The van der Waals surface area contributed by atoms with Crippen LogP contribution in [-0.2, 0) is 6.54 Å². The van der Waals surface area contributed by atoms with Crippen LogP contribution in [-0.4, -0.2) is 36.9 Å². The third-order valence-electron chi connectivity index (χ3n) is 4.71. The highest BCUT2D eigenvalue weighted by atomic mass is 16.5. The van der Waals surface area contributed by atoms with Gasteiger partial charge in [0.2, 0.25) is 0 Å². The van der Waals surface area contributed by atoms with Crippen LogP contribution in [0.5, 0.6) is 5.75 Å². The van der Waals surface area contributed by atoms with Crippen molar-refractivity contribution in [3.8, 4) is 5.75 Å². The first-order valence-electron chi connectivity index (χ1n) is 8.87. The van der Waals surface area contributed by atoms with E-state index in [2.05, 4.69) is 28.4 Å². The molecule has 0 spiro atoms. The molecule has 4 heteroatoms. The molecule has 3 rings (SSSR count). The van der Waals surface area contributed by atoms with Gasteiger partial charge in [0.15, 0.2) is 5.78 Å². The number of anilines is 1. The van der Waals surface area contributed by atoms with Crippen LogP contribution in [0.15, 0.2) is 48.5 Å². The molecule has 1 aliphatic rings. The lowest BCUT2D eigenvalue weighted by Gasteiger charge is -2.33. The molecule has 1 heterocycles. The summed E-state index contributed by atoms with van der Waals surface area (Å²) in [7, 11) is 1.68. The summed E-state index contributed by atoms with van der Waals surface area (Å²) in [4.78, 5) is 14.0. The smallest absolute Gasteiger partial charge is 0.159 e. The number of hydrogen-bond donors (Lipinski definition) is 1. The second-order valence-electron chi connectivity index (χ2n) is 6.70. The zero-order chi connectivity index (χ0) is 17.6. The first-order chi connectivity index (χ1) is 12.1. The summed E-state index contributed by atoms with van der Waals surface area (Å²) in [6, 6.07) is 16.5. The Kier molecular flexibility index (Phi) is 5.71. The molecule has 25 heavy (non-hydrogen) atoms. The molecule has 1 aliphatic heterocycles. The Hall–Kier alpha value is -2.33. The van der Waals surface area contributed by atoms with Gasteiger partial charge in [0.05, 0.1) is 7.11 Å². The molecule has 0 unspecified atom stereocenters. The number of nitrogens with one attached hydrogen (secondary N) is 1. The first-order valence-corrected chi connectivity index (χ1v) is 8.87. The van der Waals surface area contributed by atoms with Crippen LogP contribution < -0.4 is 10.1 Å². The van der Waals surface area contributed by atoms with Crippen LogP contribution in [0.1, 0.15) is 35.7 Å². The number of carbonyl (C=O) groups excluding carboxylic acids is 1. The number of hydrogen-bond acceptors (Lipinski definition) is 4. The topological polar surface area (TPSA) is 41.6 Å². The lowest BCUT2D eigenvalue weighted by molar-refractivity contribution is 0.101. The van der Waals surface area contributed by atoms with Crippen molar-refractivity contribution >= 4 is 11.5 Å². The molecule has 132 valence electrons. The van der Waals surface area contributed by atoms with Gasteiger partial charge in [-0.15, -0.1) is 0 Å². The van der Waals surface area contributed by atoms with E-state index in [0.29, 0.717) is 6.04 Å². The van der Waals surface area contributed by atoms with E-state index in [1.807, 2.05) is 30.3 Å². The Morgan fingerprint density at radius 3 is 2.76 bits per heavy atom. The maximum atomic E-state index is 11.6. The molecule has 4 nitrogen and oxygen atoms in total. The first kappa shape index (κ1) is 17.5. The maximum absolute atomic E-state index is 11.6. The molecular weight excluding hydrogens is 312 g/mol. The molecule has 1 saturated heterocycles. The van der Waals surface area contributed by atoms with Gasteiger partial charge in [-0.3, -0.25) is 9.69 Å². The highest BCUT2D eigenvalue weighted by Gasteiger charge is 2.20. The molecule has 0 radical (unpaired) electrons. The summed E-state index contributed by atoms with van der Waals surface area (Å²) in [5, 5.41) is 3.63. The van der Waals surface area contributed by atoms with Gasteiger partial charge in [-0.2, -0.15) is 0 Å². The number of ether oxygens (including phenoxy) is 1. The number of ketones is 1. The molecule has 0 aromatic heterocycles. The van der Waals surface area contributed by atoms with Gasteiger partial charge in [-0.25, -0.2) is 0 Å². The van der Waals surface area contributed by atoms with E-state index in [0.717, 1.165) is 36.6 Å². The molecular formula is C21H26N2O2. The van der Waals surface area contributed by atoms with Crippen LogP contribution in [0.4, 0.5) is 5.69 Å². The summed E-state index contributed by atoms with van der Waals surface area (Å²) in [5.41, 5.74) is 3.13. The number of rotatable bonds is 6. The van der Waals surface area contributed by atoms with Crippen molar-refractivity contribution < 1.29 is 9.53 Å². The fourth-order valence-corrected chi connectivity index (χ4v) is 3.39. The second kappa shape index (κ2) is 8.17. The molecule has 0 amide bonds. The van der Waals surface area contributed by atoms with Gasteiger partial charge in [0.25, 0.3) is 0 Å². The average Bonchev–Trinajstić information content (AvgIpc) is 2.63. The Morgan fingerprint density at radius 1 is 1.24 bits per heavy atom.